The van der Waals surface area contributed by atoms with E-state index in [1.807, 2.05) is 6.92 Å². The Morgan fingerprint density at radius 2 is 1.67 bits per heavy atom. The van der Waals surface area contributed by atoms with Crippen molar-refractivity contribution in [3.63, 3.8) is 0 Å². The fourth-order valence-corrected chi connectivity index (χ4v) is 6.58. The maximum absolute atomic E-state index is 12.5. The molecule has 148 valence electrons. The summed E-state index contributed by atoms with van der Waals surface area (Å²) in [7, 11) is -3.69. The highest BCUT2D eigenvalue weighted by Crippen LogP contribution is 2.54. The molecule has 0 unspecified atom stereocenters. The van der Waals surface area contributed by atoms with E-state index >= 15 is 0 Å². The quantitative estimate of drug-likeness (QED) is 0.673. The summed E-state index contributed by atoms with van der Waals surface area (Å²) in [6.45, 7) is 2.38. The van der Waals surface area contributed by atoms with Gasteiger partial charge >= 0.3 is 0 Å². The van der Waals surface area contributed by atoms with E-state index in [4.69, 9.17) is 5.14 Å². The van der Waals surface area contributed by atoms with Crippen LogP contribution in [0.4, 0.5) is 0 Å². The first kappa shape index (κ1) is 18.9. The second kappa shape index (κ2) is 6.87. The Kier molecular flexibility index (Phi) is 4.81. The lowest BCUT2D eigenvalue weighted by Crippen LogP contribution is -3.00. The van der Waals surface area contributed by atoms with Crippen molar-refractivity contribution < 1.29 is 18.5 Å². The third-order valence-electron chi connectivity index (χ3n) is 6.89. The first-order chi connectivity index (χ1) is 12.7. The number of carbonyl (C=O) groups excluding carboxylic acids is 1. The van der Waals surface area contributed by atoms with Gasteiger partial charge in [-0.05, 0) is 61.6 Å². The number of hydrogen-bond acceptors (Lipinski definition) is 3. The molecule has 1 aromatic carbocycles. The van der Waals surface area contributed by atoms with Crippen LogP contribution in [0.1, 0.15) is 57.1 Å². The maximum Gasteiger partial charge on any atom is 0.275 e. The van der Waals surface area contributed by atoms with Crippen LogP contribution in [0.15, 0.2) is 29.2 Å². The fraction of sp³-hybridized carbons (Fsp3) is 0.650. The average molecular weight is 393 g/mol. The largest absolute Gasteiger partial charge is 0.345 e. The second-order valence-electron chi connectivity index (χ2n) is 9.09. The van der Waals surface area contributed by atoms with E-state index in [9.17, 15) is 13.2 Å². The number of nitrogens with two attached hydrogens (primary N) is 2. The molecule has 4 aliphatic carbocycles. The molecule has 6 nitrogen and oxygen atoms in total. The van der Waals surface area contributed by atoms with E-state index in [2.05, 4.69) is 10.6 Å². The molecule has 4 fully saturated rings. The van der Waals surface area contributed by atoms with Gasteiger partial charge in [0.15, 0.2) is 6.54 Å². The smallest absolute Gasteiger partial charge is 0.275 e. The van der Waals surface area contributed by atoms with Crippen molar-refractivity contribution in [3.8, 4) is 0 Å². The van der Waals surface area contributed by atoms with Gasteiger partial charge in [0.25, 0.3) is 5.91 Å². The van der Waals surface area contributed by atoms with Crippen LogP contribution in [-0.2, 0) is 14.8 Å². The third-order valence-corrected chi connectivity index (χ3v) is 7.82. The van der Waals surface area contributed by atoms with E-state index in [0.717, 1.165) is 23.3 Å². The van der Waals surface area contributed by atoms with Crippen LogP contribution in [0, 0.1) is 17.8 Å². The summed E-state index contributed by atoms with van der Waals surface area (Å²) in [4.78, 5) is 12.6. The second-order valence-corrected chi connectivity index (χ2v) is 10.7. The number of amides is 1. The van der Waals surface area contributed by atoms with Gasteiger partial charge in [0.1, 0.15) is 0 Å². The number of nitrogens with one attached hydrogen (secondary N) is 1. The lowest BCUT2D eigenvalue weighted by atomic mass is 9.53. The van der Waals surface area contributed by atoms with Crippen LogP contribution in [0.2, 0.25) is 0 Å². The Morgan fingerprint density at radius 1 is 1.15 bits per heavy atom. The molecule has 27 heavy (non-hydrogen) atoms. The van der Waals surface area contributed by atoms with Crippen LogP contribution in [0.25, 0.3) is 0 Å². The summed E-state index contributed by atoms with van der Waals surface area (Å²) in [5.41, 5.74) is 1.16. The summed E-state index contributed by atoms with van der Waals surface area (Å²) < 4.78 is 22.7. The van der Waals surface area contributed by atoms with Crippen LogP contribution in [0.3, 0.4) is 0 Å². The third kappa shape index (κ3) is 4.05. The summed E-state index contributed by atoms with van der Waals surface area (Å²) in [6, 6.07) is 6.20. The molecule has 4 aliphatic rings. The molecule has 1 amide bonds. The van der Waals surface area contributed by atoms with E-state index in [1.165, 1.54) is 50.7 Å². The first-order valence-electron chi connectivity index (χ1n) is 9.99. The van der Waals surface area contributed by atoms with Crippen LogP contribution in [-0.4, -0.2) is 26.4 Å². The predicted octanol–water partition coefficient (Wildman–Crippen LogP) is 1.04. The van der Waals surface area contributed by atoms with Gasteiger partial charge in [0.2, 0.25) is 10.0 Å². The van der Waals surface area contributed by atoms with Crippen molar-refractivity contribution in [2.45, 2.75) is 61.9 Å². The van der Waals surface area contributed by atoms with E-state index < -0.39 is 10.0 Å². The standard InChI is InChI=1S/C20H29N3O3S/c1-13(17-2-4-18(5-3-17)27(21,25)26)23-19(24)12-22-20-9-14-6-15(10-20)8-16(7-14)11-20/h2-5,13-16,22H,6-12H2,1H3,(H,23,24)(H2,21,25,26)/p+1/t13-,14?,15?,16?,20?/m1/s1. The Labute approximate surface area is 161 Å². The maximum atomic E-state index is 12.5. The summed E-state index contributed by atoms with van der Waals surface area (Å²) in [5.74, 6) is 2.68. The topological polar surface area (TPSA) is 106 Å². The molecule has 0 heterocycles. The van der Waals surface area contributed by atoms with Crippen molar-refractivity contribution in [1.29, 1.82) is 0 Å². The van der Waals surface area contributed by atoms with Crippen molar-refractivity contribution in [2.24, 2.45) is 22.9 Å². The molecule has 5 N–H and O–H groups in total. The van der Waals surface area contributed by atoms with Crippen molar-refractivity contribution in [1.82, 2.24) is 5.32 Å². The molecule has 7 heteroatoms. The normalized spacial score (nSPS) is 33.0. The number of primary sulfonamides is 1. The highest BCUT2D eigenvalue weighted by atomic mass is 32.2. The zero-order chi connectivity index (χ0) is 19.2. The van der Waals surface area contributed by atoms with Gasteiger partial charge in [-0.3, -0.25) is 4.79 Å². The minimum atomic E-state index is -3.69. The monoisotopic (exact) mass is 392 g/mol. The number of sulfonamides is 1. The Bertz CT molecular complexity index is 784. The lowest BCUT2D eigenvalue weighted by Gasteiger charge is -2.54. The number of rotatable bonds is 6. The fourth-order valence-electron chi connectivity index (χ4n) is 6.07. The SMILES string of the molecule is C[C@@H](NC(=O)C[NH2+]C12CC3CC(CC(C3)C1)C2)c1ccc(S(N)(=O)=O)cc1. The summed E-state index contributed by atoms with van der Waals surface area (Å²) >= 11 is 0. The Morgan fingerprint density at radius 3 is 2.15 bits per heavy atom. The van der Waals surface area contributed by atoms with Crippen molar-refractivity contribution in [2.75, 3.05) is 6.54 Å². The number of hydrogen-bond donors (Lipinski definition) is 3. The number of carbonyl (C=O) groups is 1. The minimum absolute atomic E-state index is 0.0359. The van der Waals surface area contributed by atoms with Crippen LogP contribution >= 0.6 is 0 Å². The van der Waals surface area contributed by atoms with Gasteiger partial charge in [-0.2, -0.15) is 0 Å². The van der Waals surface area contributed by atoms with Gasteiger partial charge in [-0.15, -0.1) is 0 Å². The first-order valence-corrected chi connectivity index (χ1v) is 11.5. The Hall–Kier alpha value is -1.44. The molecule has 0 saturated heterocycles. The Balaban J connectivity index is 1.32. The number of benzene rings is 1. The molecule has 5 rings (SSSR count). The predicted molar refractivity (Wildman–Crippen MR) is 102 cm³/mol. The van der Waals surface area contributed by atoms with E-state index in [1.54, 1.807) is 12.1 Å². The zero-order valence-corrected chi connectivity index (χ0v) is 16.7. The van der Waals surface area contributed by atoms with Crippen molar-refractivity contribution in [3.05, 3.63) is 29.8 Å². The van der Waals surface area contributed by atoms with Gasteiger partial charge in [-0.1, -0.05) is 12.1 Å². The van der Waals surface area contributed by atoms with Gasteiger partial charge < -0.3 is 10.6 Å². The lowest BCUT2D eigenvalue weighted by molar-refractivity contribution is -0.730. The molecule has 4 bridgehead atoms. The molecule has 0 aliphatic heterocycles. The van der Waals surface area contributed by atoms with Crippen LogP contribution in [0.5, 0.6) is 0 Å². The highest BCUT2D eigenvalue weighted by Gasteiger charge is 2.53. The minimum Gasteiger partial charge on any atom is -0.345 e. The number of quaternary nitrogens is 1. The van der Waals surface area contributed by atoms with Gasteiger partial charge in [0, 0.05) is 19.3 Å². The van der Waals surface area contributed by atoms with E-state index in [-0.39, 0.29) is 16.8 Å². The van der Waals surface area contributed by atoms with E-state index in [0.29, 0.717) is 12.1 Å². The summed E-state index contributed by atoms with van der Waals surface area (Å²) in [6.07, 6.45) is 8.05. The molecule has 1 atom stereocenters. The molecule has 1 aromatic rings. The molecular weight excluding hydrogens is 362 g/mol. The zero-order valence-electron chi connectivity index (χ0n) is 15.9. The molecule has 0 spiro atoms. The summed E-state index contributed by atoms with van der Waals surface area (Å²) in [5, 5.41) is 10.5. The van der Waals surface area contributed by atoms with Crippen molar-refractivity contribution >= 4 is 15.9 Å². The van der Waals surface area contributed by atoms with Crippen LogP contribution < -0.4 is 15.8 Å². The molecule has 0 aromatic heterocycles. The molecular formula is C20H30N3O3S+. The average Bonchev–Trinajstić information content (AvgIpc) is 2.58. The molecule has 4 saturated carbocycles. The highest BCUT2D eigenvalue weighted by molar-refractivity contribution is 7.89. The molecule has 0 radical (unpaired) electrons. The van der Waals surface area contributed by atoms with Gasteiger partial charge in [-0.25, -0.2) is 13.6 Å². The van der Waals surface area contributed by atoms with Gasteiger partial charge in [0.05, 0.1) is 16.5 Å².